The molecule has 0 spiro atoms. The molecular formula is C9H13BrN2O2S2. The third-order valence-corrected chi connectivity index (χ3v) is 6.43. The van der Waals surface area contributed by atoms with Gasteiger partial charge in [0.25, 0.3) is 10.0 Å². The molecule has 1 aliphatic rings. The van der Waals surface area contributed by atoms with Gasteiger partial charge in [-0.15, -0.1) is 11.3 Å². The standard InChI is InChI=1S/C9H13BrN2O2S2/c10-8-2-3-9(15-8)16(13,14)12-6-1-4-11-5-7-12/h2-3,11H,1,4-7H2. The van der Waals surface area contributed by atoms with E-state index in [-0.39, 0.29) is 0 Å². The molecule has 4 nitrogen and oxygen atoms in total. The molecule has 0 amide bonds. The number of sulfonamides is 1. The Hall–Kier alpha value is 0.0500. The van der Waals surface area contributed by atoms with Gasteiger partial charge in [0.2, 0.25) is 0 Å². The van der Waals surface area contributed by atoms with E-state index in [1.54, 1.807) is 16.4 Å². The second kappa shape index (κ2) is 5.14. The van der Waals surface area contributed by atoms with E-state index in [1.807, 2.05) is 0 Å². The lowest BCUT2D eigenvalue weighted by Crippen LogP contribution is -2.33. The van der Waals surface area contributed by atoms with Gasteiger partial charge in [-0.25, -0.2) is 8.42 Å². The van der Waals surface area contributed by atoms with Gasteiger partial charge < -0.3 is 5.32 Å². The van der Waals surface area contributed by atoms with Crippen molar-refractivity contribution < 1.29 is 8.42 Å². The molecule has 2 heterocycles. The van der Waals surface area contributed by atoms with Gasteiger partial charge in [-0.05, 0) is 41.0 Å². The van der Waals surface area contributed by atoms with Crippen LogP contribution in [-0.2, 0) is 10.0 Å². The molecule has 0 saturated carbocycles. The molecule has 7 heteroatoms. The van der Waals surface area contributed by atoms with Crippen LogP contribution in [0.25, 0.3) is 0 Å². The summed E-state index contributed by atoms with van der Waals surface area (Å²) in [7, 11) is -3.28. The number of halogens is 1. The van der Waals surface area contributed by atoms with E-state index in [4.69, 9.17) is 0 Å². The van der Waals surface area contributed by atoms with Gasteiger partial charge in [0.15, 0.2) is 0 Å². The molecule has 0 aromatic carbocycles. The lowest BCUT2D eigenvalue weighted by molar-refractivity contribution is 0.433. The zero-order chi connectivity index (χ0) is 11.6. The number of hydrogen-bond acceptors (Lipinski definition) is 4. The minimum Gasteiger partial charge on any atom is -0.315 e. The Balaban J connectivity index is 2.23. The first-order valence-corrected chi connectivity index (χ1v) is 8.12. The molecule has 1 N–H and O–H groups in total. The van der Waals surface area contributed by atoms with Crippen LogP contribution in [0.2, 0.25) is 0 Å². The van der Waals surface area contributed by atoms with Crippen molar-refractivity contribution in [3.8, 4) is 0 Å². The maximum absolute atomic E-state index is 12.2. The molecule has 16 heavy (non-hydrogen) atoms. The van der Waals surface area contributed by atoms with Crippen LogP contribution in [0.15, 0.2) is 20.1 Å². The molecular weight excluding hydrogens is 312 g/mol. The second-order valence-corrected chi connectivity index (χ2v) is 8.19. The van der Waals surface area contributed by atoms with Crippen LogP contribution < -0.4 is 5.32 Å². The smallest absolute Gasteiger partial charge is 0.252 e. The summed E-state index contributed by atoms with van der Waals surface area (Å²) >= 11 is 4.55. The summed E-state index contributed by atoms with van der Waals surface area (Å²) in [6, 6.07) is 3.43. The van der Waals surface area contributed by atoms with Crippen molar-refractivity contribution in [1.29, 1.82) is 0 Å². The fourth-order valence-electron chi connectivity index (χ4n) is 1.62. The number of nitrogens with zero attached hydrogens (tertiary/aromatic N) is 1. The highest BCUT2D eigenvalue weighted by Crippen LogP contribution is 2.28. The third kappa shape index (κ3) is 2.65. The van der Waals surface area contributed by atoms with E-state index in [2.05, 4.69) is 21.2 Å². The van der Waals surface area contributed by atoms with Crippen molar-refractivity contribution >= 4 is 37.3 Å². The molecule has 0 unspecified atom stereocenters. The van der Waals surface area contributed by atoms with Crippen molar-refractivity contribution in [3.63, 3.8) is 0 Å². The molecule has 1 aromatic heterocycles. The van der Waals surface area contributed by atoms with E-state index in [0.717, 1.165) is 23.3 Å². The maximum atomic E-state index is 12.2. The van der Waals surface area contributed by atoms with E-state index >= 15 is 0 Å². The topological polar surface area (TPSA) is 49.4 Å². The Kier molecular flexibility index (Phi) is 4.01. The number of nitrogens with one attached hydrogen (secondary N) is 1. The van der Waals surface area contributed by atoms with Gasteiger partial charge in [-0.1, -0.05) is 0 Å². The van der Waals surface area contributed by atoms with E-state index in [0.29, 0.717) is 17.3 Å². The molecule has 1 aromatic rings. The minimum atomic E-state index is -3.28. The minimum absolute atomic E-state index is 0.418. The van der Waals surface area contributed by atoms with Gasteiger partial charge in [-0.2, -0.15) is 4.31 Å². The molecule has 0 radical (unpaired) electrons. The summed E-state index contributed by atoms with van der Waals surface area (Å²) in [6.07, 6.45) is 0.867. The summed E-state index contributed by atoms with van der Waals surface area (Å²) in [6.45, 7) is 2.77. The van der Waals surface area contributed by atoms with E-state index in [1.165, 1.54) is 11.3 Å². The Bertz CT molecular complexity index is 450. The summed E-state index contributed by atoms with van der Waals surface area (Å²) in [5.41, 5.74) is 0. The Morgan fingerprint density at radius 3 is 2.81 bits per heavy atom. The van der Waals surface area contributed by atoms with E-state index in [9.17, 15) is 8.42 Å². The van der Waals surface area contributed by atoms with Crippen LogP contribution in [0.1, 0.15) is 6.42 Å². The average Bonchev–Trinajstić information content (AvgIpc) is 2.54. The summed E-state index contributed by atoms with van der Waals surface area (Å²) in [4.78, 5) is 0. The normalized spacial score (nSPS) is 19.6. The zero-order valence-corrected chi connectivity index (χ0v) is 11.9. The number of thiophene rings is 1. The van der Waals surface area contributed by atoms with Crippen molar-refractivity contribution in [3.05, 3.63) is 15.9 Å². The van der Waals surface area contributed by atoms with Crippen LogP contribution in [0.4, 0.5) is 0 Å². The highest BCUT2D eigenvalue weighted by atomic mass is 79.9. The van der Waals surface area contributed by atoms with Crippen LogP contribution in [0.3, 0.4) is 0 Å². The molecule has 0 bridgehead atoms. The fourth-order valence-corrected chi connectivity index (χ4v) is 5.27. The van der Waals surface area contributed by atoms with Crippen molar-refractivity contribution in [2.75, 3.05) is 26.2 Å². The Morgan fingerprint density at radius 2 is 2.12 bits per heavy atom. The van der Waals surface area contributed by atoms with Crippen molar-refractivity contribution in [1.82, 2.24) is 9.62 Å². The molecule has 1 saturated heterocycles. The molecule has 0 aliphatic carbocycles. The highest BCUT2D eigenvalue weighted by molar-refractivity contribution is 9.11. The predicted molar refractivity (Wildman–Crippen MR) is 68.3 cm³/mol. The quantitative estimate of drug-likeness (QED) is 0.896. The first-order chi connectivity index (χ1) is 7.60. The van der Waals surface area contributed by atoms with Gasteiger partial charge in [-0.3, -0.25) is 0 Å². The van der Waals surface area contributed by atoms with Crippen molar-refractivity contribution in [2.24, 2.45) is 0 Å². The second-order valence-electron chi connectivity index (χ2n) is 3.57. The maximum Gasteiger partial charge on any atom is 0.252 e. The zero-order valence-electron chi connectivity index (χ0n) is 8.65. The van der Waals surface area contributed by atoms with Gasteiger partial charge in [0, 0.05) is 19.6 Å². The molecule has 1 fully saturated rings. The predicted octanol–water partition coefficient (Wildman–Crippen LogP) is 1.49. The Labute approximate surface area is 108 Å². The third-order valence-electron chi connectivity index (χ3n) is 2.44. The lowest BCUT2D eigenvalue weighted by Gasteiger charge is -2.18. The molecule has 1 aliphatic heterocycles. The SMILES string of the molecule is O=S(=O)(c1ccc(Br)s1)N1CCCNCC1. The molecule has 2 rings (SSSR count). The van der Waals surface area contributed by atoms with Gasteiger partial charge in [0.1, 0.15) is 4.21 Å². The first-order valence-electron chi connectivity index (χ1n) is 5.07. The summed E-state index contributed by atoms with van der Waals surface area (Å²) < 4.78 is 27.3. The van der Waals surface area contributed by atoms with Crippen LogP contribution >= 0.6 is 27.3 Å². The van der Waals surface area contributed by atoms with Crippen LogP contribution in [-0.4, -0.2) is 38.9 Å². The molecule has 0 atom stereocenters. The largest absolute Gasteiger partial charge is 0.315 e. The molecule has 90 valence electrons. The monoisotopic (exact) mass is 324 g/mol. The van der Waals surface area contributed by atoms with Gasteiger partial charge in [0.05, 0.1) is 3.79 Å². The fraction of sp³-hybridized carbons (Fsp3) is 0.556. The number of rotatable bonds is 2. The highest BCUT2D eigenvalue weighted by Gasteiger charge is 2.26. The first kappa shape index (κ1) is 12.5. The van der Waals surface area contributed by atoms with Crippen LogP contribution in [0.5, 0.6) is 0 Å². The van der Waals surface area contributed by atoms with E-state index < -0.39 is 10.0 Å². The van der Waals surface area contributed by atoms with Crippen molar-refractivity contribution in [2.45, 2.75) is 10.6 Å². The summed E-state index contributed by atoms with van der Waals surface area (Å²) in [5, 5.41) is 3.19. The lowest BCUT2D eigenvalue weighted by atomic mass is 10.4. The summed E-state index contributed by atoms with van der Waals surface area (Å²) in [5.74, 6) is 0. The Morgan fingerprint density at radius 1 is 1.31 bits per heavy atom. The van der Waals surface area contributed by atoms with Crippen LogP contribution in [0, 0.1) is 0 Å². The average molecular weight is 325 g/mol. The number of hydrogen-bond donors (Lipinski definition) is 1. The van der Waals surface area contributed by atoms with Gasteiger partial charge >= 0.3 is 0 Å².